The molecular weight excluding hydrogens is 452 g/mol. The van der Waals surface area contributed by atoms with Crippen LogP contribution in [-0.4, -0.2) is 36.2 Å². The summed E-state index contributed by atoms with van der Waals surface area (Å²) in [7, 11) is 0. The van der Waals surface area contributed by atoms with Gasteiger partial charge in [0, 0.05) is 17.5 Å². The number of thioether (sulfide) groups is 1. The maximum Gasteiger partial charge on any atom is 0.236 e. The molecule has 0 aliphatic heterocycles. The molecule has 3 heterocycles. The van der Waals surface area contributed by atoms with Crippen LogP contribution in [0.1, 0.15) is 45.3 Å². The van der Waals surface area contributed by atoms with Crippen LogP contribution in [0.4, 0.5) is 5.82 Å². The van der Waals surface area contributed by atoms with E-state index < -0.39 is 0 Å². The summed E-state index contributed by atoms with van der Waals surface area (Å²) in [5.74, 6) is 1.72. The van der Waals surface area contributed by atoms with Crippen molar-refractivity contribution in [2.75, 3.05) is 11.1 Å². The molecule has 0 spiro atoms. The molecule has 0 saturated heterocycles. The molecule has 7 nitrogen and oxygen atoms in total. The third kappa shape index (κ3) is 4.74. The Balaban J connectivity index is 1.34. The van der Waals surface area contributed by atoms with E-state index in [1.165, 1.54) is 11.8 Å². The molecule has 1 saturated carbocycles. The van der Waals surface area contributed by atoms with E-state index in [4.69, 9.17) is 5.10 Å². The Morgan fingerprint density at radius 2 is 1.94 bits per heavy atom. The van der Waals surface area contributed by atoms with Gasteiger partial charge in [-0.15, -0.1) is 21.5 Å². The lowest BCUT2D eigenvalue weighted by molar-refractivity contribution is -0.113. The van der Waals surface area contributed by atoms with E-state index in [-0.39, 0.29) is 17.1 Å². The van der Waals surface area contributed by atoms with Gasteiger partial charge in [-0.25, -0.2) is 4.68 Å². The first kappa shape index (κ1) is 21.9. The number of carbonyl (C=O) groups excluding carboxylic acids is 1. The van der Waals surface area contributed by atoms with Gasteiger partial charge in [-0.05, 0) is 36.4 Å². The van der Waals surface area contributed by atoms with Crippen molar-refractivity contribution in [3.05, 3.63) is 59.6 Å². The van der Waals surface area contributed by atoms with Gasteiger partial charge in [0.2, 0.25) is 5.91 Å². The van der Waals surface area contributed by atoms with Gasteiger partial charge in [-0.2, -0.15) is 5.10 Å². The highest BCUT2D eigenvalue weighted by molar-refractivity contribution is 7.99. The minimum absolute atomic E-state index is 0.0967. The predicted molar refractivity (Wildman–Crippen MR) is 133 cm³/mol. The lowest BCUT2D eigenvalue weighted by Crippen LogP contribution is -2.17. The van der Waals surface area contributed by atoms with E-state index in [0.29, 0.717) is 11.9 Å². The number of hydrogen-bond acceptors (Lipinski definition) is 6. The fourth-order valence-electron chi connectivity index (χ4n) is 3.52. The van der Waals surface area contributed by atoms with E-state index in [2.05, 4.69) is 46.9 Å². The summed E-state index contributed by atoms with van der Waals surface area (Å²) in [6.45, 7) is 6.34. The third-order valence-electron chi connectivity index (χ3n) is 5.40. The standard InChI is InChI=1S/C24H26N6OS2/c1-24(2,3)19-14-20(30(28-19)17-8-5-4-6-9-17)25-21(31)15-33-23-27-26-22(18-10-7-13-32-18)29(23)16-11-12-16/h4-10,13-14,16H,11-12,15H2,1-3H3,(H,25,31). The van der Waals surface area contributed by atoms with Crippen molar-refractivity contribution in [1.82, 2.24) is 24.5 Å². The van der Waals surface area contributed by atoms with Gasteiger partial charge in [-0.1, -0.05) is 56.8 Å². The highest BCUT2D eigenvalue weighted by Crippen LogP contribution is 2.41. The molecule has 0 radical (unpaired) electrons. The SMILES string of the molecule is CC(C)(C)c1cc(NC(=O)CSc2nnc(-c3cccs3)n2C2CC2)n(-c2ccccc2)n1. The van der Waals surface area contributed by atoms with Crippen LogP contribution in [0.3, 0.4) is 0 Å². The summed E-state index contributed by atoms with van der Waals surface area (Å²) < 4.78 is 3.99. The van der Waals surface area contributed by atoms with Gasteiger partial charge in [-0.3, -0.25) is 9.36 Å². The first-order valence-corrected chi connectivity index (χ1v) is 12.8. The Hall–Kier alpha value is -2.91. The molecule has 0 unspecified atom stereocenters. The van der Waals surface area contributed by atoms with Crippen molar-refractivity contribution in [3.63, 3.8) is 0 Å². The Morgan fingerprint density at radius 1 is 1.15 bits per heavy atom. The Labute approximate surface area is 201 Å². The van der Waals surface area contributed by atoms with Gasteiger partial charge in [0.15, 0.2) is 11.0 Å². The molecule has 1 fully saturated rings. The summed E-state index contributed by atoms with van der Waals surface area (Å²) in [5, 5.41) is 19.5. The quantitative estimate of drug-likeness (QED) is 0.352. The Morgan fingerprint density at radius 3 is 2.61 bits per heavy atom. The minimum Gasteiger partial charge on any atom is -0.310 e. The third-order valence-corrected chi connectivity index (χ3v) is 7.21. The maximum absolute atomic E-state index is 12.9. The number of rotatable bonds is 7. The number of carbonyl (C=O) groups is 1. The van der Waals surface area contributed by atoms with Crippen LogP contribution in [0.2, 0.25) is 0 Å². The van der Waals surface area contributed by atoms with Crippen molar-refractivity contribution < 1.29 is 4.79 Å². The fraction of sp³-hybridized carbons (Fsp3) is 0.333. The second-order valence-corrected chi connectivity index (χ2v) is 11.0. The highest BCUT2D eigenvalue weighted by atomic mass is 32.2. The van der Waals surface area contributed by atoms with E-state index in [1.54, 1.807) is 16.0 Å². The van der Waals surface area contributed by atoms with Crippen molar-refractivity contribution >= 4 is 34.8 Å². The van der Waals surface area contributed by atoms with Crippen LogP contribution in [-0.2, 0) is 10.2 Å². The summed E-state index contributed by atoms with van der Waals surface area (Å²) in [4.78, 5) is 14.0. The van der Waals surface area contributed by atoms with Crippen molar-refractivity contribution in [1.29, 1.82) is 0 Å². The van der Waals surface area contributed by atoms with E-state index in [1.807, 2.05) is 47.8 Å². The van der Waals surface area contributed by atoms with Gasteiger partial charge in [0.1, 0.15) is 5.82 Å². The monoisotopic (exact) mass is 478 g/mol. The molecule has 5 rings (SSSR count). The average Bonchev–Trinajstić information content (AvgIpc) is 3.19. The molecule has 3 aromatic heterocycles. The van der Waals surface area contributed by atoms with Crippen molar-refractivity contribution in [2.45, 2.75) is 50.2 Å². The normalized spacial score (nSPS) is 13.9. The first-order valence-electron chi connectivity index (χ1n) is 11.0. The largest absolute Gasteiger partial charge is 0.310 e. The topological polar surface area (TPSA) is 77.6 Å². The molecule has 1 aromatic carbocycles. The molecule has 1 aliphatic carbocycles. The zero-order chi connectivity index (χ0) is 23.0. The smallest absolute Gasteiger partial charge is 0.236 e. The number of benzene rings is 1. The summed E-state index contributed by atoms with van der Waals surface area (Å²) >= 11 is 3.08. The number of nitrogens with zero attached hydrogens (tertiary/aromatic N) is 5. The van der Waals surface area contributed by atoms with E-state index in [9.17, 15) is 4.79 Å². The average molecular weight is 479 g/mol. The predicted octanol–water partition coefficient (Wildman–Crippen LogP) is 5.56. The lowest BCUT2D eigenvalue weighted by Gasteiger charge is -2.14. The van der Waals surface area contributed by atoms with Crippen LogP contribution in [0.5, 0.6) is 0 Å². The number of hydrogen-bond donors (Lipinski definition) is 1. The lowest BCUT2D eigenvalue weighted by atomic mass is 9.92. The molecule has 1 amide bonds. The molecule has 0 bridgehead atoms. The van der Waals surface area contributed by atoms with Crippen molar-refractivity contribution in [2.24, 2.45) is 0 Å². The zero-order valence-electron chi connectivity index (χ0n) is 18.9. The van der Waals surface area contributed by atoms with Gasteiger partial charge in [0.25, 0.3) is 0 Å². The molecule has 1 N–H and O–H groups in total. The van der Waals surface area contributed by atoms with Crippen LogP contribution in [0, 0.1) is 0 Å². The molecule has 0 atom stereocenters. The van der Waals surface area contributed by atoms with E-state index >= 15 is 0 Å². The molecule has 33 heavy (non-hydrogen) atoms. The number of aromatic nitrogens is 5. The summed E-state index contributed by atoms with van der Waals surface area (Å²) in [6.07, 6.45) is 2.25. The number of nitrogens with one attached hydrogen (secondary N) is 1. The van der Waals surface area contributed by atoms with Gasteiger partial charge in [0.05, 0.1) is 22.0 Å². The van der Waals surface area contributed by atoms with E-state index in [0.717, 1.165) is 40.1 Å². The van der Waals surface area contributed by atoms with Gasteiger partial charge < -0.3 is 5.32 Å². The molecule has 9 heteroatoms. The molecule has 1 aliphatic rings. The summed E-state index contributed by atoms with van der Waals surface area (Å²) in [5.41, 5.74) is 1.70. The number of thiophene rings is 1. The number of para-hydroxylation sites is 1. The maximum atomic E-state index is 12.9. The fourth-order valence-corrected chi connectivity index (χ4v) is 5.03. The van der Waals surface area contributed by atoms with Crippen LogP contribution < -0.4 is 5.32 Å². The molecule has 4 aromatic rings. The van der Waals surface area contributed by atoms with Crippen LogP contribution in [0.15, 0.2) is 59.1 Å². The summed E-state index contributed by atoms with van der Waals surface area (Å²) in [6, 6.07) is 16.3. The van der Waals surface area contributed by atoms with Crippen molar-refractivity contribution in [3.8, 4) is 16.4 Å². The second kappa shape index (κ2) is 8.79. The minimum atomic E-state index is -0.132. The number of amides is 1. The molecule has 170 valence electrons. The second-order valence-electron chi connectivity index (χ2n) is 9.13. The van der Waals surface area contributed by atoms with Crippen LogP contribution >= 0.6 is 23.1 Å². The highest BCUT2D eigenvalue weighted by Gasteiger charge is 2.30. The van der Waals surface area contributed by atoms with Gasteiger partial charge >= 0.3 is 0 Å². The van der Waals surface area contributed by atoms with Crippen LogP contribution in [0.25, 0.3) is 16.4 Å². The number of anilines is 1. The first-order chi connectivity index (χ1) is 15.9. The zero-order valence-corrected chi connectivity index (χ0v) is 20.5. The molecular formula is C24H26N6OS2. The Bertz CT molecular complexity index is 1250. The Kier molecular flexibility index (Phi) is 5.84.